The van der Waals surface area contributed by atoms with Crippen molar-refractivity contribution in [1.29, 1.82) is 0 Å². The van der Waals surface area contributed by atoms with Crippen LogP contribution in [0.3, 0.4) is 0 Å². The largest absolute Gasteiger partial charge is 0.354 e. The number of rotatable bonds is 6. The highest BCUT2D eigenvalue weighted by Gasteiger charge is 2.16. The van der Waals surface area contributed by atoms with Crippen molar-refractivity contribution in [3.05, 3.63) is 35.4 Å². The summed E-state index contributed by atoms with van der Waals surface area (Å²) >= 11 is 0. The highest BCUT2D eigenvalue weighted by molar-refractivity contribution is 5.82. The summed E-state index contributed by atoms with van der Waals surface area (Å²) in [5, 5.41) is 2.96. The summed E-state index contributed by atoms with van der Waals surface area (Å²) in [7, 11) is 0. The molecular formula is C17H26N2O. The van der Waals surface area contributed by atoms with Gasteiger partial charge in [0.25, 0.3) is 0 Å². The molecule has 0 aromatic heterocycles. The quantitative estimate of drug-likeness (QED) is 0.783. The lowest BCUT2D eigenvalue weighted by atomic mass is 10.0. The molecule has 0 aliphatic heterocycles. The maximum Gasteiger partial charge on any atom is 0.241 e. The monoisotopic (exact) mass is 274 g/mol. The van der Waals surface area contributed by atoms with E-state index in [0.29, 0.717) is 0 Å². The van der Waals surface area contributed by atoms with Crippen LogP contribution in [0.25, 0.3) is 0 Å². The van der Waals surface area contributed by atoms with Crippen LogP contribution in [-0.2, 0) is 4.79 Å². The Hall–Kier alpha value is -1.35. The second kappa shape index (κ2) is 7.44. The van der Waals surface area contributed by atoms with Crippen molar-refractivity contribution >= 4 is 5.91 Å². The molecule has 1 aliphatic carbocycles. The summed E-state index contributed by atoms with van der Waals surface area (Å²) in [5.74, 6) is 0.818. The average molecular weight is 274 g/mol. The highest BCUT2D eigenvalue weighted by atomic mass is 16.2. The van der Waals surface area contributed by atoms with Gasteiger partial charge in [-0.3, -0.25) is 4.79 Å². The average Bonchev–Trinajstić information content (AvgIpc) is 2.96. The maximum atomic E-state index is 12.0. The fourth-order valence-electron chi connectivity index (χ4n) is 2.94. The van der Waals surface area contributed by atoms with E-state index in [0.717, 1.165) is 24.4 Å². The first-order valence-electron chi connectivity index (χ1n) is 7.76. The zero-order chi connectivity index (χ0) is 14.4. The smallest absolute Gasteiger partial charge is 0.241 e. The van der Waals surface area contributed by atoms with Crippen LogP contribution in [0.5, 0.6) is 0 Å². The second-order valence-electron chi connectivity index (χ2n) is 5.97. The number of hydrogen-bond acceptors (Lipinski definition) is 2. The standard InChI is InChI=1S/C17H26N2O/c1-13-8-10-15(11-9-13)16(18)17(20)19-12-4-7-14-5-2-3-6-14/h8-11,14,16H,2-7,12,18H2,1H3,(H,19,20). The molecule has 0 radical (unpaired) electrons. The van der Waals surface area contributed by atoms with Crippen molar-refractivity contribution in [1.82, 2.24) is 5.32 Å². The Balaban J connectivity index is 1.69. The van der Waals surface area contributed by atoms with Gasteiger partial charge in [-0.2, -0.15) is 0 Å². The molecule has 20 heavy (non-hydrogen) atoms. The second-order valence-corrected chi connectivity index (χ2v) is 5.97. The van der Waals surface area contributed by atoms with Gasteiger partial charge in [0.15, 0.2) is 0 Å². The van der Waals surface area contributed by atoms with Crippen LogP contribution in [0.15, 0.2) is 24.3 Å². The first kappa shape index (κ1) is 15.0. The van der Waals surface area contributed by atoms with Crippen LogP contribution in [0, 0.1) is 12.8 Å². The number of aryl methyl sites for hydroxylation is 1. The van der Waals surface area contributed by atoms with Crippen LogP contribution in [0.1, 0.15) is 55.7 Å². The number of carbonyl (C=O) groups excluding carboxylic acids is 1. The lowest BCUT2D eigenvalue weighted by molar-refractivity contribution is -0.122. The predicted octanol–water partition coefficient (Wildman–Crippen LogP) is 3.08. The van der Waals surface area contributed by atoms with Gasteiger partial charge in [0.2, 0.25) is 5.91 Å². The van der Waals surface area contributed by atoms with Gasteiger partial charge >= 0.3 is 0 Å². The van der Waals surface area contributed by atoms with Crippen molar-refractivity contribution in [3.8, 4) is 0 Å². The molecule has 0 spiro atoms. The minimum Gasteiger partial charge on any atom is -0.354 e. The predicted molar refractivity (Wildman–Crippen MR) is 82.3 cm³/mol. The van der Waals surface area contributed by atoms with E-state index in [1.54, 1.807) is 0 Å². The van der Waals surface area contributed by atoms with E-state index < -0.39 is 6.04 Å². The van der Waals surface area contributed by atoms with E-state index in [9.17, 15) is 4.79 Å². The van der Waals surface area contributed by atoms with Gasteiger partial charge in [0, 0.05) is 6.54 Å². The third-order valence-corrected chi connectivity index (χ3v) is 4.28. The van der Waals surface area contributed by atoms with Crippen LogP contribution >= 0.6 is 0 Å². The number of nitrogens with one attached hydrogen (secondary N) is 1. The third kappa shape index (κ3) is 4.34. The summed E-state index contributed by atoms with van der Waals surface area (Å²) < 4.78 is 0. The van der Waals surface area contributed by atoms with Gasteiger partial charge in [-0.1, -0.05) is 55.5 Å². The Morgan fingerprint density at radius 2 is 1.95 bits per heavy atom. The molecule has 1 aromatic rings. The summed E-state index contributed by atoms with van der Waals surface area (Å²) in [6.45, 7) is 2.77. The van der Waals surface area contributed by atoms with Crippen LogP contribution < -0.4 is 11.1 Å². The Morgan fingerprint density at radius 1 is 1.30 bits per heavy atom. The molecule has 3 heteroatoms. The first-order valence-corrected chi connectivity index (χ1v) is 7.76. The molecule has 1 atom stereocenters. The Labute approximate surface area is 121 Å². The van der Waals surface area contributed by atoms with Crippen molar-refractivity contribution in [2.45, 2.75) is 51.5 Å². The maximum absolute atomic E-state index is 12.0. The van der Waals surface area contributed by atoms with E-state index in [1.165, 1.54) is 37.7 Å². The van der Waals surface area contributed by atoms with E-state index in [4.69, 9.17) is 5.73 Å². The number of hydrogen-bond donors (Lipinski definition) is 2. The molecule has 0 heterocycles. The number of carbonyl (C=O) groups is 1. The topological polar surface area (TPSA) is 55.1 Å². The van der Waals surface area contributed by atoms with Crippen molar-refractivity contribution in [3.63, 3.8) is 0 Å². The lowest BCUT2D eigenvalue weighted by Gasteiger charge is -2.14. The molecule has 1 saturated carbocycles. The van der Waals surface area contributed by atoms with Crippen LogP contribution in [-0.4, -0.2) is 12.5 Å². The van der Waals surface area contributed by atoms with Crippen molar-refractivity contribution in [2.24, 2.45) is 11.7 Å². The van der Waals surface area contributed by atoms with Gasteiger partial charge in [0.1, 0.15) is 6.04 Å². The van der Waals surface area contributed by atoms with Crippen molar-refractivity contribution in [2.75, 3.05) is 6.54 Å². The van der Waals surface area contributed by atoms with E-state index in [1.807, 2.05) is 31.2 Å². The molecule has 1 fully saturated rings. The van der Waals surface area contributed by atoms with Gasteiger partial charge < -0.3 is 11.1 Å². The van der Waals surface area contributed by atoms with Crippen molar-refractivity contribution < 1.29 is 4.79 Å². The van der Waals surface area contributed by atoms with Crippen LogP contribution in [0.2, 0.25) is 0 Å². The lowest BCUT2D eigenvalue weighted by Crippen LogP contribution is -2.34. The molecule has 1 unspecified atom stereocenters. The Morgan fingerprint density at radius 3 is 2.60 bits per heavy atom. The Kier molecular flexibility index (Phi) is 5.60. The number of amides is 1. The van der Waals surface area contributed by atoms with E-state index >= 15 is 0 Å². The summed E-state index contributed by atoms with van der Waals surface area (Å²) in [5.41, 5.74) is 8.04. The van der Waals surface area contributed by atoms with Gasteiger partial charge in [-0.15, -0.1) is 0 Å². The molecule has 2 rings (SSSR count). The van der Waals surface area contributed by atoms with Gasteiger partial charge in [-0.25, -0.2) is 0 Å². The molecule has 1 amide bonds. The molecular weight excluding hydrogens is 248 g/mol. The molecule has 1 aliphatic rings. The summed E-state index contributed by atoms with van der Waals surface area (Å²) in [6.07, 6.45) is 7.81. The molecule has 3 N–H and O–H groups in total. The summed E-state index contributed by atoms with van der Waals surface area (Å²) in [6, 6.07) is 7.28. The number of benzene rings is 1. The first-order chi connectivity index (χ1) is 9.66. The fraction of sp³-hybridized carbons (Fsp3) is 0.588. The third-order valence-electron chi connectivity index (χ3n) is 4.28. The molecule has 110 valence electrons. The fourth-order valence-corrected chi connectivity index (χ4v) is 2.94. The molecule has 0 saturated heterocycles. The molecule has 3 nitrogen and oxygen atoms in total. The highest BCUT2D eigenvalue weighted by Crippen LogP contribution is 2.28. The number of nitrogens with two attached hydrogens (primary N) is 1. The molecule has 0 bridgehead atoms. The Bertz CT molecular complexity index is 421. The minimum atomic E-state index is -0.554. The van der Waals surface area contributed by atoms with Gasteiger partial charge in [-0.05, 0) is 31.2 Å². The van der Waals surface area contributed by atoms with Gasteiger partial charge in [0.05, 0.1) is 0 Å². The van der Waals surface area contributed by atoms with Crippen LogP contribution in [0.4, 0.5) is 0 Å². The zero-order valence-electron chi connectivity index (χ0n) is 12.4. The normalized spacial score (nSPS) is 17.1. The molecule has 1 aromatic carbocycles. The zero-order valence-corrected chi connectivity index (χ0v) is 12.4. The minimum absolute atomic E-state index is 0.0692. The SMILES string of the molecule is Cc1ccc(C(N)C(=O)NCCCC2CCCC2)cc1. The van der Waals surface area contributed by atoms with E-state index in [2.05, 4.69) is 5.32 Å². The summed E-state index contributed by atoms with van der Waals surface area (Å²) in [4.78, 5) is 12.0. The van der Waals surface area contributed by atoms with E-state index in [-0.39, 0.29) is 5.91 Å².